The van der Waals surface area contributed by atoms with Crippen molar-refractivity contribution in [2.24, 2.45) is 0 Å². The molecule has 5 heteroatoms. The zero-order valence-electron chi connectivity index (χ0n) is 12.7. The first-order valence-corrected chi connectivity index (χ1v) is 7.75. The Morgan fingerprint density at radius 3 is 2.45 bits per heavy atom. The summed E-state index contributed by atoms with van der Waals surface area (Å²) in [5, 5.41) is 4.54. The van der Waals surface area contributed by atoms with Crippen LogP contribution in [0.15, 0.2) is 36.4 Å². The van der Waals surface area contributed by atoms with Crippen LogP contribution in [-0.4, -0.2) is 20.8 Å². The molecule has 0 fully saturated rings. The highest BCUT2D eigenvalue weighted by atomic mass is 35.5. The first kappa shape index (κ1) is 16.9. The lowest BCUT2D eigenvalue weighted by molar-refractivity contribution is 0.398. The molecule has 0 saturated carbocycles. The zero-order chi connectivity index (χ0) is 15.9. The van der Waals surface area contributed by atoms with E-state index in [2.05, 4.69) is 5.32 Å². The van der Waals surface area contributed by atoms with Crippen molar-refractivity contribution in [3.8, 4) is 11.5 Å². The van der Waals surface area contributed by atoms with Crippen molar-refractivity contribution >= 4 is 23.2 Å². The Morgan fingerprint density at radius 2 is 1.77 bits per heavy atom. The van der Waals surface area contributed by atoms with E-state index in [0.29, 0.717) is 10.0 Å². The summed E-state index contributed by atoms with van der Waals surface area (Å²) in [4.78, 5) is 0. The second-order valence-corrected chi connectivity index (χ2v) is 5.67. The van der Waals surface area contributed by atoms with Gasteiger partial charge in [0.05, 0.1) is 24.3 Å². The van der Waals surface area contributed by atoms with Gasteiger partial charge in [0.25, 0.3) is 0 Å². The van der Waals surface area contributed by atoms with Gasteiger partial charge in [0.15, 0.2) is 0 Å². The average Bonchev–Trinajstić information content (AvgIpc) is 2.54. The minimum atomic E-state index is 0.575. The second kappa shape index (κ2) is 8.28. The standard InChI is InChI=1S/C17H19Cl2NO2/c1-21-14-4-6-17(22-2)13(10-14)7-8-20-11-12-3-5-15(18)16(19)9-12/h3-6,9-10,20H,7-8,11H2,1-2H3. The minimum absolute atomic E-state index is 0.575. The molecule has 0 aliphatic heterocycles. The van der Waals surface area contributed by atoms with Crippen LogP contribution >= 0.6 is 23.2 Å². The number of rotatable bonds is 7. The summed E-state index contributed by atoms with van der Waals surface area (Å²) in [7, 11) is 3.34. The summed E-state index contributed by atoms with van der Waals surface area (Å²) in [6, 6.07) is 11.5. The SMILES string of the molecule is COc1ccc(OC)c(CCNCc2ccc(Cl)c(Cl)c2)c1. The summed E-state index contributed by atoms with van der Waals surface area (Å²) >= 11 is 11.9. The predicted molar refractivity (Wildman–Crippen MR) is 91.4 cm³/mol. The lowest BCUT2D eigenvalue weighted by atomic mass is 10.1. The van der Waals surface area contributed by atoms with Crippen LogP contribution in [0.4, 0.5) is 0 Å². The maximum absolute atomic E-state index is 6.01. The Hall–Kier alpha value is -1.42. The zero-order valence-corrected chi connectivity index (χ0v) is 14.2. The molecule has 0 spiro atoms. The van der Waals surface area contributed by atoms with Crippen molar-refractivity contribution in [2.45, 2.75) is 13.0 Å². The van der Waals surface area contributed by atoms with Crippen LogP contribution in [0.3, 0.4) is 0 Å². The minimum Gasteiger partial charge on any atom is -0.497 e. The summed E-state index contributed by atoms with van der Waals surface area (Å²) < 4.78 is 10.6. The molecule has 3 nitrogen and oxygen atoms in total. The van der Waals surface area contributed by atoms with Crippen molar-refractivity contribution in [1.29, 1.82) is 0 Å². The molecule has 0 unspecified atom stereocenters. The van der Waals surface area contributed by atoms with Crippen LogP contribution in [0.5, 0.6) is 11.5 Å². The highest BCUT2D eigenvalue weighted by Crippen LogP contribution is 2.24. The number of benzene rings is 2. The molecular formula is C17H19Cl2NO2. The highest BCUT2D eigenvalue weighted by molar-refractivity contribution is 6.42. The number of hydrogen-bond donors (Lipinski definition) is 1. The van der Waals surface area contributed by atoms with E-state index in [1.807, 2.05) is 36.4 Å². The Bertz CT molecular complexity index is 632. The Balaban J connectivity index is 1.89. The molecule has 0 aliphatic carbocycles. The topological polar surface area (TPSA) is 30.5 Å². The summed E-state index contributed by atoms with van der Waals surface area (Å²) in [6.45, 7) is 1.56. The summed E-state index contributed by atoms with van der Waals surface area (Å²) in [6.07, 6.45) is 0.849. The molecule has 0 atom stereocenters. The van der Waals surface area contributed by atoms with Crippen molar-refractivity contribution in [3.63, 3.8) is 0 Å². The van der Waals surface area contributed by atoms with E-state index < -0.39 is 0 Å². The highest BCUT2D eigenvalue weighted by Gasteiger charge is 2.05. The second-order valence-electron chi connectivity index (χ2n) is 4.85. The number of methoxy groups -OCH3 is 2. The third-order valence-corrected chi connectivity index (χ3v) is 4.11. The number of ether oxygens (including phenoxy) is 2. The molecular weight excluding hydrogens is 321 g/mol. The fraction of sp³-hybridized carbons (Fsp3) is 0.294. The van der Waals surface area contributed by atoms with Crippen LogP contribution in [0.1, 0.15) is 11.1 Å². The first-order chi connectivity index (χ1) is 10.6. The number of hydrogen-bond acceptors (Lipinski definition) is 3. The summed E-state index contributed by atoms with van der Waals surface area (Å²) in [5.41, 5.74) is 2.22. The van der Waals surface area contributed by atoms with E-state index in [4.69, 9.17) is 32.7 Å². The van der Waals surface area contributed by atoms with Gasteiger partial charge < -0.3 is 14.8 Å². The normalized spacial score (nSPS) is 10.5. The van der Waals surface area contributed by atoms with E-state index >= 15 is 0 Å². The predicted octanol–water partition coefficient (Wildman–Crippen LogP) is 4.34. The molecule has 2 rings (SSSR count). The van der Waals surface area contributed by atoms with Crippen molar-refractivity contribution in [3.05, 3.63) is 57.6 Å². The Labute approximate surface area is 141 Å². The smallest absolute Gasteiger partial charge is 0.122 e. The lowest BCUT2D eigenvalue weighted by Crippen LogP contribution is -2.17. The van der Waals surface area contributed by atoms with Gasteiger partial charge in [-0.2, -0.15) is 0 Å². The number of halogens is 2. The van der Waals surface area contributed by atoms with Crippen LogP contribution in [0.2, 0.25) is 10.0 Å². The molecule has 0 aliphatic rings. The van der Waals surface area contributed by atoms with Gasteiger partial charge in [0, 0.05) is 6.54 Å². The van der Waals surface area contributed by atoms with Gasteiger partial charge in [0.2, 0.25) is 0 Å². The molecule has 0 saturated heterocycles. The maximum atomic E-state index is 6.01. The van der Waals surface area contributed by atoms with E-state index in [0.717, 1.165) is 42.1 Å². The van der Waals surface area contributed by atoms with Crippen molar-refractivity contribution in [1.82, 2.24) is 5.32 Å². The molecule has 22 heavy (non-hydrogen) atoms. The third kappa shape index (κ3) is 4.54. The van der Waals surface area contributed by atoms with Crippen molar-refractivity contribution in [2.75, 3.05) is 20.8 Å². The van der Waals surface area contributed by atoms with Crippen LogP contribution in [0.25, 0.3) is 0 Å². The van der Waals surface area contributed by atoms with Gasteiger partial charge in [0.1, 0.15) is 11.5 Å². The maximum Gasteiger partial charge on any atom is 0.122 e. The van der Waals surface area contributed by atoms with E-state index in [1.165, 1.54) is 0 Å². The van der Waals surface area contributed by atoms with Crippen LogP contribution in [0, 0.1) is 0 Å². The molecule has 118 valence electrons. The van der Waals surface area contributed by atoms with Gasteiger partial charge >= 0.3 is 0 Å². The molecule has 0 radical (unpaired) electrons. The first-order valence-electron chi connectivity index (χ1n) is 6.99. The fourth-order valence-electron chi connectivity index (χ4n) is 2.18. The van der Waals surface area contributed by atoms with Crippen LogP contribution < -0.4 is 14.8 Å². The molecule has 2 aromatic rings. The Kier molecular flexibility index (Phi) is 6.37. The molecule has 0 bridgehead atoms. The quantitative estimate of drug-likeness (QED) is 0.761. The molecule has 1 N–H and O–H groups in total. The molecule has 0 aromatic heterocycles. The van der Waals surface area contributed by atoms with Gasteiger partial charge in [-0.15, -0.1) is 0 Å². The molecule has 0 amide bonds. The van der Waals surface area contributed by atoms with E-state index in [-0.39, 0.29) is 0 Å². The average molecular weight is 340 g/mol. The molecule has 0 heterocycles. The monoisotopic (exact) mass is 339 g/mol. The lowest BCUT2D eigenvalue weighted by Gasteiger charge is -2.11. The molecule has 2 aromatic carbocycles. The Morgan fingerprint density at radius 1 is 0.955 bits per heavy atom. The third-order valence-electron chi connectivity index (χ3n) is 3.37. The van der Waals surface area contributed by atoms with Gasteiger partial charge in [-0.05, 0) is 54.4 Å². The van der Waals surface area contributed by atoms with Gasteiger partial charge in [-0.1, -0.05) is 29.3 Å². The van der Waals surface area contributed by atoms with Crippen molar-refractivity contribution < 1.29 is 9.47 Å². The van der Waals surface area contributed by atoms with E-state index in [9.17, 15) is 0 Å². The fourth-order valence-corrected chi connectivity index (χ4v) is 2.50. The van der Waals surface area contributed by atoms with Crippen LogP contribution in [-0.2, 0) is 13.0 Å². The summed E-state index contributed by atoms with van der Waals surface area (Å²) in [5.74, 6) is 1.71. The number of nitrogens with one attached hydrogen (secondary N) is 1. The largest absolute Gasteiger partial charge is 0.497 e. The van der Waals surface area contributed by atoms with Gasteiger partial charge in [-0.3, -0.25) is 0 Å². The van der Waals surface area contributed by atoms with Gasteiger partial charge in [-0.25, -0.2) is 0 Å². The van der Waals surface area contributed by atoms with E-state index in [1.54, 1.807) is 14.2 Å².